The third-order valence-electron chi connectivity index (χ3n) is 6.76. The van der Waals surface area contributed by atoms with E-state index in [1.807, 2.05) is 21.1 Å². The molecule has 0 radical (unpaired) electrons. The molecular weight excluding hydrogens is 553 g/mol. The number of phosphoric acid groups is 1. The van der Waals surface area contributed by atoms with E-state index in [0.29, 0.717) is 24.1 Å². The zero-order valence-electron chi connectivity index (χ0n) is 27.7. The van der Waals surface area contributed by atoms with Crippen LogP contribution in [0.5, 0.6) is 0 Å². The first-order valence-corrected chi connectivity index (χ1v) is 18.0. The molecule has 248 valence electrons. The zero-order chi connectivity index (χ0) is 31.4. The Hall–Kier alpha value is -1.02. The maximum absolute atomic E-state index is 12.3. The van der Waals surface area contributed by atoms with Crippen molar-refractivity contribution in [2.24, 2.45) is 0 Å². The van der Waals surface area contributed by atoms with Crippen molar-refractivity contribution in [3.8, 4) is 0 Å². The van der Waals surface area contributed by atoms with Gasteiger partial charge in [-0.2, -0.15) is 0 Å². The molecule has 0 N–H and O–H groups in total. The SMILES string of the molecule is CCCCC/C=C\C/C=C\CCCCCCCCOCC(COP(=O)([O-])OCC[N+](C)(C)C)OC(=O)CCCCCC. The summed E-state index contributed by atoms with van der Waals surface area (Å²) in [4.78, 5) is 24.5. The minimum absolute atomic E-state index is 0.0240. The second kappa shape index (κ2) is 27.5. The summed E-state index contributed by atoms with van der Waals surface area (Å²) in [6, 6.07) is 0. The third kappa shape index (κ3) is 30.4. The number of unbranched alkanes of at least 4 members (excludes halogenated alkanes) is 12. The maximum Gasteiger partial charge on any atom is 0.306 e. The third-order valence-corrected chi connectivity index (χ3v) is 7.72. The molecular formula is C33H64NO7P. The highest BCUT2D eigenvalue weighted by Gasteiger charge is 2.20. The van der Waals surface area contributed by atoms with E-state index in [1.165, 1.54) is 44.9 Å². The van der Waals surface area contributed by atoms with E-state index in [4.69, 9.17) is 18.5 Å². The highest BCUT2D eigenvalue weighted by molar-refractivity contribution is 7.45. The summed E-state index contributed by atoms with van der Waals surface area (Å²) in [5.41, 5.74) is 0. The first-order chi connectivity index (χ1) is 20.1. The van der Waals surface area contributed by atoms with Crippen molar-refractivity contribution in [1.82, 2.24) is 0 Å². The second-order valence-corrected chi connectivity index (χ2v) is 13.6. The molecule has 0 rings (SSSR count). The van der Waals surface area contributed by atoms with Crippen molar-refractivity contribution in [2.75, 3.05) is 54.1 Å². The van der Waals surface area contributed by atoms with E-state index >= 15 is 0 Å². The van der Waals surface area contributed by atoms with Gasteiger partial charge in [0, 0.05) is 13.0 Å². The molecule has 0 saturated heterocycles. The van der Waals surface area contributed by atoms with Crippen LogP contribution >= 0.6 is 7.82 Å². The number of esters is 1. The second-order valence-electron chi connectivity index (χ2n) is 12.2. The van der Waals surface area contributed by atoms with Crippen molar-refractivity contribution in [3.63, 3.8) is 0 Å². The predicted molar refractivity (Wildman–Crippen MR) is 171 cm³/mol. The van der Waals surface area contributed by atoms with Crippen molar-refractivity contribution in [1.29, 1.82) is 0 Å². The Labute approximate surface area is 258 Å². The molecule has 8 nitrogen and oxygen atoms in total. The van der Waals surface area contributed by atoms with Crippen molar-refractivity contribution in [3.05, 3.63) is 24.3 Å². The number of carbonyl (C=O) groups excluding carboxylic acids is 1. The first kappa shape index (κ1) is 41.0. The van der Waals surface area contributed by atoms with Gasteiger partial charge in [0.1, 0.15) is 19.3 Å². The normalized spacial score (nSPS) is 14.5. The lowest BCUT2D eigenvalue weighted by Gasteiger charge is -2.28. The van der Waals surface area contributed by atoms with Crippen LogP contribution in [0.25, 0.3) is 0 Å². The molecule has 2 unspecified atom stereocenters. The maximum atomic E-state index is 12.3. The topological polar surface area (TPSA) is 94.1 Å². The number of likely N-dealkylation sites (N-methyl/N-ethyl adjacent to an activating group) is 1. The van der Waals surface area contributed by atoms with E-state index in [0.717, 1.165) is 57.8 Å². The van der Waals surface area contributed by atoms with E-state index in [-0.39, 0.29) is 25.8 Å². The van der Waals surface area contributed by atoms with E-state index < -0.39 is 13.9 Å². The summed E-state index contributed by atoms with van der Waals surface area (Å²) in [6.45, 7) is 5.21. The summed E-state index contributed by atoms with van der Waals surface area (Å²) in [5, 5.41) is 0. The lowest BCUT2D eigenvalue weighted by Crippen LogP contribution is -2.37. The van der Waals surface area contributed by atoms with E-state index in [1.54, 1.807) is 0 Å². The monoisotopic (exact) mass is 617 g/mol. The molecule has 2 atom stereocenters. The van der Waals surface area contributed by atoms with Gasteiger partial charge in [-0.15, -0.1) is 0 Å². The van der Waals surface area contributed by atoms with Crippen molar-refractivity contribution >= 4 is 13.8 Å². The van der Waals surface area contributed by atoms with Crippen LogP contribution in [-0.2, 0) is 27.9 Å². The molecule has 0 aliphatic heterocycles. The average molecular weight is 618 g/mol. The fourth-order valence-corrected chi connectivity index (χ4v) is 4.83. The minimum Gasteiger partial charge on any atom is -0.756 e. The van der Waals surface area contributed by atoms with Crippen LogP contribution in [0.3, 0.4) is 0 Å². The summed E-state index contributed by atoms with van der Waals surface area (Å²) in [7, 11) is 1.34. The van der Waals surface area contributed by atoms with Gasteiger partial charge < -0.3 is 27.9 Å². The molecule has 9 heteroatoms. The standard InChI is InChI=1S/C33H64NO7P/c1-6-8-10-12-13-14-15-16-17-18-19-20-21-22-23-25-28-38-30-32(41-33(35)26-24-11-9-7-2)31-40-42(36,37)39-29-27-34(3,4)5/h13-14,16-17,32H,6-12,15,18-31H2,1-5H3/b14-13-,17-16-. The van der Waals surface area contributed by atoms with Gasteiger partial charge in [0.25, 0.3) is 7.82 Å². The van der Waals surface area contributed by atoms with Crippen LogP contribution in [-0.4, -0.2) is 70.7 Å². The summed E-state index contributed by atoms with van der Waals surface area (Å²) < 4.78 is 34.0. The molecule has 0 aromatic carbocycles. The molecule has 0 aliphatic carbocycles. The number of ether oxygens (including phenoxy) is 2. The number of phosphoric ester groups is 1. The number of rotatable bonds is 30. The van der Waals surface area contributed by atoms with E-state index in [2.05, 4.69) is 38.2 Å². The number of quaternary nitrogens is 1. The quantitative estimate of drug-likeness (QED) is 0.0266. The first-order valence-electron chi connectivity index (χ1n) is 16.6. The fourth-order valence-electron chi connectivity index (χ4n) is 4.10. The summed E-state index contributed by atoms with van der Waals surface area (Å²) in [6.07, 6.45) is 26.6. The van der Waals surface area contributed by atoms with Crippen LogP contribution in [0.1, 0.15) is 123 Å². The molecule has 0 bridgehead atoms. The van der Waals surface area contributed by atoms with Gasteiger partial charge >= 0.3 is 5.97 Å². The van der Waals surface area contributed by atoms with Crippen LogP contribution in [0.2, 0.25) is 0 Å². The van der Waals surface area contributed by atoms with Crippen LogP contribution in [0, 0.1) is 0 Å². The van der Waals surface area contributed by atoms with E-state index in [9.17, 15) is 14.3 Å². The Balaban J connectivity index is 4.17. The largest absolute Gasteiger partial charge is 0.756 e. The Bertz CT molecular complexity index is 736. The van der Waals surface area contributed by atoms with Crippen LogP contribution in [0.15, 0.2) is 24.3 Å². The summed E-state index contributed by atoms with van der Waals surface area (Å²) >= 11 is 0. The van der Waals surface area contributed by atoms with Gasteiger partial charge in [0.15, 0.2) is 0 Å². The summed E-state index contributed by atoms with van der Waals surface area (Å²) in [5.74, 6) is -0.358. The van der Waals surface area contributed by atoms with Gasteiger partial charge in [-0.25, -0.2) is 0 Å². The molecule has 0 aromatic rings. The zero-order valence-corrected chi connectivity index (χ0v) is 28.6. The minimum atomic E-state index is -4.50. The molecule has 0 spiro atoms. The smallest absolute Gasteiger partial charge is 0.306 e. The van der Waals surface area contributed by atoms with Gasteiger partial charge in [0.2, 0.25) is 0 Å². The van der Waals surface area contributed by atoms with Crippen molar-refractivity contribution in [2.45, 2.75) is 129 Å². The lowest BCUT2D eigenvalue weighted by atomic mass is 10.1. The number of allylic oxidation sites excluding steroid dienone is 4. The molecule has 0 fully saturated rings. The van der Waals surface area contributed by atoms with Gasteiger partial charge in [-0.3, -0.25) is 9.36 Å². The highest BCUT2D eigenvalue weighted by atomic mass is 31.2. The molecule has 0 aromatic heterocycles. The number of nitrogens with zero attached hydrogens (tertiary/aromatic N) is 1. The van der Waals surface area contributed by atoms with Gasteiger partial charge in [0.05, 0.1) is 34.4 Å². The number of hydrogen-bond acceptors (Lipinski definition) is 7. The van der Waals surface area contributed by atoms with Crippen LogP contribution in [0.4, 0.5) is 0 Å². The van der Waals surface area contributed by atoms with Crippen molar-refractivity contribution < 1.29 is 37.3 Å². The molecule has 0 saturated carbocycles. The Kier molecular flexibility index (Phi) is 26.9. The predicted octanol–water partition coefficient (Wildman–Crippen LogP) is 7.91. The van der Waals surface area contributed by atoms with Crippen LogP contribution < -0.4 is 4.89 Å². The van der Waals surface area contributed by atoms with Gasteiger partial charge in [-0.05, 0) is 44.9 Å². The van der Waals surface area contributed by atoms with Gasteiger partial charge in [-0.1, -0.05) is 95.9 Å². The highest BCUT2D eigenvalue weighted by Crippen LogP contribution is 2.38. The Morgan fingerprint density at radius 3 is 1.95 bits per heavy atom. The Morgan fingerprint density at radius 1 is 0.738 bits per heavy atom. The molecule has 0 amide bonds. The fraction of sp³-hybridized carbons (Fsp3) is 0.848. The molecule has 0 aliphatic rings. The average Bonchev–Trinajstić information content (AvgIpc) is 2.92. The number of hydrogen-bond donors (Lipinski definition) is 0. The molecule has 0 heterocycles. The number of carbonyl (C=O) groups is 1. The lowest BCUT2D eigenvalue weighted by molar-refractivity contribution is -0.870. The molecule has 42 heavy (non-hydrogen) atoms. The Morgan fingerprint density at radius 2 is 1.31 bits per heavy atom.